The third kappa shape index (κ3) is 3.62. The van der Waals surface area contributed by atoms with Crippen molar-refractivity contribution in [1.82, 2.24) is 15.3 Å². The first-order chi connectivity index (χ1) is 8.55. The standard InChI is InChI=1S/C14H19N3S/c1-14(2,3)12-10-18-13(17-12)9-15-8-11-6-4-5-7-16-11/h4-7,10,15H,8-9H2,1-3H3. The van der Waals surface area contributed by atoms with Crippen molar-refractivity contribution in [3.05, 3.63) is 46.2 Å². The Morgan fingerprint density at radius 2 is 2.06 bits per heavy atom. The average molecular weight is 261 g/mol. The van der Waals surface area contributed by atoms with Crippen LogP contribution in [-0.4, -0.2) is 9.97 Å². The molecule has 2 rings (SSSR count). The highest BCUT2D eigenvalue weighted by molar-refractivity contribution is 7.09. The molecule has 1 N–H and O–H groups in total. The normalized spacial score (nSPS) is 11.7. The van der Waals surface area contributed by atoms with Crippen LogP contribution >= 0.6 is 11.3 Å². The summed E-state index contributed by atoms with van der Waals surface area (Å²) in [5, 5.41) is 6.65. The SMILES string of the molecule is CC(C)(C)c1csc(CNCc2ccccn2)n1. The molecule has 0 spiro atoms. The van der Waals surface area contributed by atoms with Gasteiger partial charge in [-0.05, 0) is 12.1 Å². The lowest BCUT2D eigenvalue weighted by molar-refractivity contribution is 0.568. The van der Waals surface area contributed by atoms with Crippen LogP contribution in [0.1, 0.15) is 37.2 Å². The number of nitrogens with one attached hydrogen (secondary N) is 1. The first-order valence-corrected chi connectivity index (χ1v) is 6.99. The van der Waals surface area contributed by atoms with Crippen molar-refractivity contribution in [3.8, 4) is 0 Å². The summed E-state index contributed by atoms with van der Waals surface area (Å²) >= 11 is 1.72. The summed E-state index contributed by atoms with van der Waals surface area (Å²) < 4.78 is 0. The first kappa shape index (κ1) is 13.2. The van der Waals surface area contributed by atoms with E-state index in [2.05, 4.69) is 41.4 Å². The van der Waals surface area contributed by atoms with E-state index < -0.39 is 0 Å². The van der Waals surface area contributed by atoms with Gasteiger partial charge >= 0.3 is 0 Å². The predicted octanol–water partition coefficient (Wildman–Crippen LogP) is 3.13. The number of nitrogens with zero attached hydrogens (tertiary/aromatic N) is 2. The fourth-order valence-corrected chi connectivity index (χ4v) is 2.53. The minimum absolute atomic E-state index is 0.135. The highest BCUT2D eigenvalue weighted by atomic mass is 32.1. The maximum atomic E-state index is 4.65. The van der Waals surface area contributed by atoms with Crippen molar-refractivity contribution in [3.63, 3.8) is 0 Å². The molecule has 2 aromatic rings. The molecule has 0 aliphatic rings. The minimum Gasteiger partial charge on any atom is -0.305 e. The maximum absolute atomic E-state index is 4.65. The molecule has 3 nitrogen and oxygen atoms in total. The zero-order valence-electron chi connectivity index (χ0n) is 11.1. The third-order valence-corrected chi connectivity index (χ3v) is 3.48. The number of hydrogen-bond acceptors (Lipinski definition) is 4. The van der Waals surface area contributed by atoms with E-state index in [0.29, 0.717) is 0 Å². The van der Waals surface area contributed by atoms with Crippen molar-refractivity contribution in [1.29, 1.82) is 0 Å². The summed E-state index contributed by atoms with van der Waals surface area (Å²) in [7, 11) is 0. The van der Waals surface area contributed by atoms with Crippen molar-refractivity contribution < 1.29 is 0 Å². The molecule has 0 aromatic carbocycles. The number of hydrogen-bond donors (Lipinski definition) is 1. The molecular weight excluding hydrogens is 242 g/mol. The molecule has 0 saturated heterocycles. The van der Waals surface area contributed by atoms with Crippen LogP contribution in [0.25, 0.3) is 0 Å². The van der Waals surface area contributed by atoms with Crippen LogP contribution in [0, 0.1) is 0 Å². The molecule has 2 heterocycles. The lowest BCUT2D eigenvalue weighted by atomic mass is 9.93. The average Bonchev–Trinajstić information content (AvgIpc) is 2.79. The van der Waals surface area contributed by atoms with Gasteiger partial charge in [-0.3, -0.25) is 4.98 Å². The molecule has 96 valence electrons. The Morgan fingerprint density at radius 1 is 1.22 bits per heavy atom. The molecule has 0 atom stereocenters. The zero-order valence-corrected chi connectivity index (χ0v) is 11.9. The minimum atomic E-state index is 0.135. The van der Waals surface area contributed by atoms with E-state index in [1.165, 1.54) is 5.69 Å². The van der Waals surface area contributed by atoms with Gasteiger partial charge in [0.2, 0.25) is 0 Å². The molecule has 0 radical (unpaired) electrons. The van der Waals surface area contributed by atoms with Gasteiger partial charge in [0.15, 0.2) is 0 Å². The van der Waals surface area contributed by atoms with E-state index in [4.69, 9.17) is 0 Å². The zero-order chi connectivity index (χ0) is 13.0. The highest BCUT2D eigenvalue weighted by Gasteiger charge is 2.17. The van der Waals surface area contributed by atoms with Gasteiger partial charge in [-0.25, -0.2) is 4.98 Å². The quantitative estimate of drug-likeness (QED) is 0.919. The molecule has 0 aliphatic carbocycles. The van der Waals surface area contributed by atoms with Gasteiger partial charge in [0, 0.05) is 30.1 Å². The summed E-state index contributed by atoms with van der Waals surface area (Å²) in [5.74, 6) is 0. The molecule has 0 bridgehead atoms. The molecule has 0 saturated carbocycles. The van der Waals surface area contributed by atoms with Crippen molar-refractivity contribution in [2.24, 2.45) is 0 Å². The van der Waals surface area contributed by atoms with Gasteiger partial charge in [0.1, 0.15) is 5.01 Å². The summed E-state index contributed by atoms with van der Waals surface area (Å²) in [6.07, 6.45) is 1.82. The number of aromatic nitrogens is 2. The molecule has 0 aliphatic heterocycles. The predicted molar refractivity (Wildman–Crippen MR) is 75.6 cm³/mol. The Labute approximate surface area is 112 Å². The van der Waals surface area contributed by atoms with E-state index in [1.807, 2.05) is 24.4 Å². The van der Waals surface area contributed by atoms with Crippen LogP contribution in [0.2, 0.25) is 0 Å². The third-order valence-electron chi connectivity index (χ3n) is 2.63. The van der Waals surface area contributed by atoms with Gasteiger partial charge in [0.25, 0.3) is 0 Å². The lowest BCUT2D eigenvalue weighted by Crippen LogP contribution is -2.15. The van der Waals surface area contributed by atoms with Crippen molar-refractivity contribution in [2.45, 2.75) is 39.3 Å². The van der Waals surface area contributed by atoms with Crippen molar-refractivity contribution in [2.75, 3.05) is 0 Å². The van der Waals surface area contributed by atoms with Crippen LogP contribution in [0.3, 0.4) is 0 Å². The summed E-state index contributed by atoms with van der Waals surface area (Å²) in [5.41, 5.74) is 2.36. The van der Waals surface area contributed by atoms with Crippen LogP contribution in [-0.2, 0) is 18.5 Å². The first-order valence-electron chi connectivity index (χ1n) is 6.11. The second-order valence-corrected chi connectivity index (χ2v) is 6.24. The van der Waals surface area contributed by atoms with Crippen LogP contribution < -0.4 is 5.32 Å². The number of rotatable bonds is 4. The fourth-order valence-electron chi connectivity index (χ4n) is 1.54. The smallest absolute Gasteiger partial charge is 0.107 e. The van der Waals surface area contributed by atoms with Gasteiger partial charge in [0.05, 0.1) is 11.4 Å². The molecule has 4 heteroatoms. The van der Waals surface area contributed by atoms with Gasteiger partial charge in [-0.2, -0.15) is 0 Å². The van der Waals surface area contributed by atoms with Crippen LogP contribution in [0.5, 0.6) is 0 Å². The Hall–Kier alpha value is -1.26. The van der Waals surface area contributed by atoms with Gasteiger partial charge in [-0.15, -0.1) is 11.3 Å². The van der Waals surface area contributed by atoms with E-state index in [9.17, 15) is 0 Å². The molecule has 0 unspecified atom stereocenters. The van der Waals surface area contributed by atoms with E-state index >= 15 is 0 Å². The monoisotopic (exact) mass is 261 g/mol. The van der Waals surface area contributed by atoms with Gasteiger partial charge in [-0.1, -0.05) is 26.8 Å². The molecule has 2 aromatic heterocycles. The second-order valence-electron chi connectivity index (χ2n) is 5.30. The largest absolute Gasteiger partial charge is 0.305 e. The molecule has 18 heavy (non-hydrogen) atoms. The summed E-state index contributed by atoms with van der Waals surface area (Å²) in [6.45, 7) is 8.15. The Balaban J connectivity index is 1.86. The molecule has 0 amide bonds. The fraction of sp³-hybridized carbons (Fsp3) is 0.429. The van der Waals surface area contributed by atoms with Gasteiger partial charge < -0.3 is 5.32 Å². The Morgan fingerprint density at radius 3 is 2.67 bits per heavy atom. The summed E-state index contributed by atoms with van der Waals surface area (Å²) in [4.78, 5) is 8.92. The van der Waals surface area contributed by atoms with Crippen LogP contribution in [0.15, 0.2) is 29.8 Å². The highest BCUT2D eigenvalue weighted by Crippen LogP contribution is 2.23. The lowest BCUT2D eigenvalue weighted by Gasteiger charge is -2.14. The van der Waals surface area contributed by atoms with E-state index in [0.717, 1.165) is 23.8 Å². The number of thiazole rings is 1. The second kappa shape index (κ2) is 5.59. The van der Waals surface area contributed by atoms with Crippen molar-refractivity contribution >= 4 is 11.3 Å². The number of pyridine rings is 1. The van der Waals surface area contributed by atoms with E-state index in [1.54, 1.807) is 11.3 Å². The topological polar surface area (TPSA) is 37.8 Å². The van der Waals surface area contributed by atoms with E-state index in [-0.39, 0.29) is 5.41 Å². The Kier molecular flexibility index (Phi) is 4.09. The molecular formula is C14H19N3S. The molecule has 0 fully saturated rings. The van der Waals surface area contributed by atoms with Crippen LogP contribution in [0.4, 0.5) is 0 Å². The summed E-state index contributed by atoms with van der Waals surface area (Å²) in [6, 6.07) is 5.96. The maximum Gasteiger partial charge on any atom is 0.107 e. The Bertz CT molecular complexity index is 485.